The highest BCUT2D eigenvalue weighted by Gasteiger charge is 2.47. The molecule has 168 valence electrons. The summed E-state index contributed by atoms with van der Waals surface area (Å²) >= 11 is 0. The molecule has 1 aliphatic rings. The lowest BCUT2D eigenvalue weighted by Gasteiger charge is -2.37. The number of nitrogens with two attached hydrogens (primary N) is 1. The molecular weight excluding hydrogens is 402 g/mol. The van der Waals surface area contributed by atoms with Crippen molar-refractivity contribution in [2.75, 3.05) is 12.3 Å². The minimum absolute atomic E-state index is 0.0816. The fourth-order valence-electron chi connectivity index (χ4n) is 3.41. The molecule has 10 heteroatoms. The van der Waals surface area contributed by atoms with Gasteiger partial charge in [-0.25, -0.2) is 15.0 Å². The summed E-state index contributed by atoms with van der Waals surface area (Å²) in [5.74, 6) is -1.06. The predicted molar refractivity (Wildman–Crippen MR) is 117 cm³/mol. The van der Waals surface area contributed by atoms with Gasteiger partial charge in [-0.15, -0.1) is 0 Å². The Kier molecular flexibility index (Phi) is 6.02. The molecule has 3 rings (SSSR count). The van der Waals surface area contributed by atoms with E-state index in [1.54, 1.807) is 20.2 Å². The lowest BCUT2D eigenvalue weighted by Crippen LogP contribution is -2.45. The first kappa shape index (κ1) is 23.1. The molecule has 2 aromatic rings. The molecular formula is C20H35N5O4Si. The molecule has 0 aliphatic carbocycles. The van der Waals surface area contributed by atoms with Crippen molar-refractivity contribution in [2.45, 2.75) is 83.9 Å². The van der Waals surface area contributed by atoms with Gasteiger partial charge >= 0.3 is 0 Å². The van der Waals surface area contributed by atoms with Crippen LogP contribution in [0, 0.1) is 5.92 Å². The van der Waals surface area contributed by atoms with Gasteiger partial charge in [-0.3, -0.25) is 4.57 Å². The van der Waals surface area contributed by atoms with Gasteiger partial charge in [-0.05, 0) is 32.0 Å². The van der Waals surface area contributed by atoms with Crippen LogP contribution in [0.15, 0.2) is 12.7 Å². The van der Waals surface area contributed by atoms with E-state index in [2.05, 4.69) is 48.8 Å². The van der Waals surface area contributed by atoms with Gasteiger partial charge in [0.25, 0.3) is 0 Å². The second-order valence-electron chi connectivity index (χ2n) is 10.1. The third-order valence-corrected chi connectivity index (χ3v) is 10.6. The van der Waals surface area contributed by atoms with E-state index in [0.29, 0.717) is 23.6 Å². The van der Waals surface area contributed by atoms with Crippen molar-refractivity contribution in [1.29, 1.82) is 0 Å². The van der Waals surface area contributed by atoms with Crippen molar-refractivity contribution in [3.8, 4) is 0 Å². The first-order chi connectivity index (χ1) is 13.7. The number of rotatable bonds is 6. The Morgan fingerprint density at radius 3 is 2.47 bits per heavy atom. The number of aliphatic hydroxyl groups is 1. The molecule has 1 saturated heterocycles. The minimum atomic E-state index is -1.98. The zero-order valence-electron chi connectivity index (χ0n) is 19.2. The molecule has 0 bridgehead atoms. The zero-order chi connectivity index (χ0) is 22.5. The third-order valence-electron chi connectivity index (χ3n) is 6.15. The molecule has 9 nitrogen and oxygen atoms in total. The highest BCUT2D eigenvalue weighted by molar-refractivity contribution is 6.74. The third kappa shape index (κ3) is 4.52. The Balaban J connectivity index is 1.89. The van der Waals surface area contributed by atoms with Crippen LogP contribution in [0.1, 0.15) is 47.8 Å². The summed E-state index contributed by atoms with van der Waals surface area (Å²) in [6.07, 6.45) is 1.98. The maximum atomic E-state index is 10.3. The summed E-state index contributed by atoms with van der Waals surface area (Å²) in [4.78, 5) is 12.7. The molecule has 0 aromatic carbocycles. The monoisotopic (exact) mass is 437 g/mol. The van der Waals surface area contributed by atoms with Crippen molar-refractivity contribution in [3.05, 3.63) is 12.7 Å². The van der Waals surface area contributed by atoms with Gasteiger partial charge in [0.2, 0.25) is 0 Å². The number of hydrogen-bond acceptors (Lipinski definition) is 8. The fourth-order valence-corrected chi connectivity index (χ4v) is 4.43. The van der Waals surface area contributed by atoms with Crippen LogP contribution in [0.4, 0.5) is 5.82 Å². The van der Waals surface area contributed by atoms with E-state index in [1.165, 1.54) is 6.33 Å². The number of nitrogen functional groups attached to an aromatic ring is 1. The molecule has 4 atom stereocenters. The smallest absolute Gasteiger partial charge is 0.192 e. The highest BCUT2D eigenvalue weighted by Crippen LogP contribution is 2.41. The van der Waals surface area contributed by atoms with E-state index >= 15 is 0 Å². The molecule has 3 N–H and O–H groups in total. The first-order valence-corrected chi connectivity index (χ1v) is 13.2. The summed E-state index contributed by atoms with van der Waals surface area (Å²) in [6.45, 7) is 16.7. The zero-order valence-corrected chi connectivity index (χ0v) is 20.2. The molecule has 1 aliphatic heterocycles. The Bertz CT molecular complexity index is 889. The quantitative estimate of drug-likeness (QED) is 0.523. The topological polar surface area (TPSA) is 118 Å². The Morgan fingerprint density at radius 1 is 1.20 bits per heavy atom. The molecule has 0 saturated carbocycles. The summed E-state index contributed by atoms with van der Waals surface area (Å²) in [5, 5.41) is 10.4. The van der Waals surface area contributed by atoms with E-state index < -0.39 is 14.1 Å². The van der Waals surface area contributed by atoms with Crippen LogP contribution in [0.2, 0.25) is 18.1 Å². The Hall–Kier alpha value is -1.59. The largest absolute Gasteiger partial charge is 0.414 e. The van der Waals surface area contributed by atoms with Gasteiger partial charge in [0.1, 0.15) is 24.2 Å². The molecule has 1 fully saturated rings. The van der Waals surface area contributed by atoms with Crippen LogP contribution in [0.3, 0.4) is 0 Å². The standard InChI is InChI=1S/C20H35N5O4Si/c1-12-15(29-20(5,6)26)13(9-27-30(7,8)19(2,3)4)28-18(12)25-11-24-14-16(21)22-10-23-17(14)25/h10-13,15,18,26H,9H2,1-8H3,(H2,21,22,23)/t12-,13-,15+,18-/m1/s1. The van der Waals surface area contributed by atoms with E-state index in [9.17, 15) is 5.11 Å². The normalized spacial score (nSPS) is 25.9. The van der Waals surface area contributed by atoms with Gasteiger partial charge in [-0.1, -0.05) is 27.7 Å². The number of anilines is 1. The molecule has 3 heterocycles. The van der Waals surface area contributed by atoms with E-state index in [0.717, 1.165) is 0 Å². The SMILES string of the molecule is C[C@@H]1[C@H](OC(C)(C)O)[C@@H](CO[Si](C)(C)C(C)(C)C)O[C@H]1n1cnc2c(N)ncnc21. The van der Waals surface area contributed by atoms with Gasteiger partial charge in [0, 0.05) is 5.92 Å². The number of imidazole rings is 1. The van der Waals surface area contributed by atoms with E-state index in [1.807, 2.05) is 11.5 Å². The summed E-state index contributed by atoms with van der Waals surface area (Å²) in [5.41, 5.74) is 7.08. The lowest BCUT2D eigenvalue weighted by atomic mass is 10.0. The molecule has 0 unspecified atom stereocenters. The highest BCUT2D eigenvalue weighted by atomic mass is 28.4. The van der Waals surface area contributed by atoms with Crippen molar-refractivity contribution in [1.82, 2.24) is 19.5 Å². The maximum absolute atomic E-state index is 10.3. The second-order valence-corrected chi connectivity index (χ2v) is 14.9. The Labute approximate surface area is 179 Å². The van der Waals surface area contributed by atoms with Crippen LogP contribution >= 0.6 is 0 Å². The summed E-state index contributed by atoms with van der Waals surface area (Å²) < 4.78 is 20.7. The van der Waals surface area contributed by atoms with E-state index in [4.69, 9.17) is 19.6 Å². The van der Waals surface area contributed by atoms with Crippen molar-refractivity contribution in [3.63, 3.8) is 0 Å². The molecule has 0 amide bonds. The maximum Gasteiger partial charge on any atom is 0.192 e. The van der Waals surface area contributed by atoms with E-state index in [-0.39, 0.29) is 29.4 Å². The van der Waals surface area contributed by atoms with Crippen molar-refractivity contribution >= 4 is 25.3 Å². The number of fused-ring (bicyclic) bond motifs is 1. The Morgan fingerprint density at radius 2 is 1.87 bits per heavy atom. The van der Waals surface area contributed by atoms with Gasteiger partial charge < -0.3 is 24.7 Å². The summed E-state index contributed by atoms with van der Waals surface area (Å²) in [6, 6.07) is 0. The lowest BCUT2D eigenvalue weighted by molar-refractivity contribution is -0.222. The van der Waals surface area contributed by atoms with Crippen LogP contribution in [-0.2, 0) is 13.9 Å². The van der Waals surface area contributed by atoms with Gasteiger partial charge in [0.05, 0.1) is 19.0 Å². The average Bonchev–Trinajstić information content (AvgIpc) is 3.14. The van der Waals surface area contributed by atoms with Crippen LogP contribution in [-0.4, -0.2) is 57.5 Å². The molecule has 30 heavy (non-hydrogen) atoms. The number of hydrogen-bond donors (Lipinski definition) is 2. The average molecular weight is 438 g/mol. The van der Waals surface area contributed by atoms with Gasteiger partial charge in [0.15, 0.2) is 25.6 Å². The number of ether oxygens (including phenoxy) is 2. The van der Waals surface area contributed by atoms with Crippen molar-refractivity contribution in [2.24, 2.45) is 5.92 Å². The van der Waals surface area contributed by atoms with Crippen LogP contribution in [0.5, 0.6) is 0 Å². The molecule has 2 aromatic heterocycles. The fraction of sp³-hybridized carbons (Fsp3) is 0.750. The minimum Gasteiger partial charge on any atom is -0.414 e. The van der Waals surface area contributed by atoms with Crippen LogP contribution in [0.25, 0.3) is 11.2 Å². The molecule has 0 spiro atoms. The predicted octanol–water partition coefficient (Wildman–Crippen LogP) is 3.08. The first-order valence-electron chi connectivity index (χ1n) is 10.3. The van der Waals surface area contributed by atoms with Gasteiger partial charge in [-0.2, -0.15) is 0 Å². The second kappa shape index (κ2) is 7.83. The number of nitrogens with zero attached hydrogens (tertiary/aromatic N) is 4. The van der Waals surface area contributed by atoms with Crippen molar-refractivity contribution < 1.29 is 19.0 Å². The van der Waals surface area contributed by atoms with Crippen LogP contribution < -0.4 is 5.73 Å². The number of aromatic nitrogens is 4. The molecule has 0 radical (unpaired) electrons. The summed E-state index contributed by atoms with van der Waals surface area (Å²) in [7, 11) is -1.98.